The third-order valence-corrected chi connectivity index (χ3v) is 5.15. The van der Waals surface area contributed by atoms with E-state index in [4.69, 9.17) is 5.73 Å². The van der Waals surface area contributed by atoms with Crippen molar-refractivity contribution < 1.29 is 13.2 Å². The maximum absolute atomic E-state index is 12.1. The lowest BCUT2D eigenvalue weighted by atomic mass is 10.4. The summed E-state index contributed by atoms with van der Waals surface area (Å²) in [5.41, 5.74) is 5.58. The molecule has 0 aliphatic carbocycles. The number of nitrogens with zero attached hydrogens (tertiary/aromatic N) is 2. The van der Waals surface area contributed by atoms with Crippen LogP contribution in [0.5, 0.6) is 0 Å². The van der Waals surface area contributed by atoms with Crippen LogP contribution in [0.3, 0.4) is 0 Å². The smallest absolute Gasteiger partial charge is 0.244 e. The van der Waals surface area contributed by atoms with Crippen LogP contribution in [0.15, 0.2) is 21.6 Å². The Bertz CT molecular complexity index is 629. The lowest BCUT2D eigenvalue weighted by Gasteiger charge is -2.15. The van der Waals surface area contributed by atoms with Gasteiger partial charge in [-0.3, -0.25) is 4.79 Å². The summed E-state index contributed by atoms with van der Waals surface area (Å²) in [6.45, 7) is 1.56. The van der Waals surface area contributed by atoms with Gasteiger partial charge in [0.15, 0.2) is 0 Å². The number of halogens is 1. The summed E-state index contributed by atoms with van der Waals surface area (Å²) < 4.78 is 27.2. The van der Waals surface area contributed by atoms with Crippen LogP contribution in [-0.2, 0) is 14.8 Å². The molecule has 21 heavy (non-hydrogen) atoms. The number of aromatic nitrogens is 1. The van der Waals surface area contributed by atoms with Gasteiger partial charge in [0.05, 0.1) is 0 Å². The molecule has 1 aliphatic heterocycles. The van der Waals surface area contributed by atoms with Gasteiger partial charge in [-0.1, -0.05) is 0 Å². The van der Waals surface area contributed by atoms with E-state index in [-0.39, 0.29) is 29.6 Å². The minimum atomic E-state index is -3.77. The van der Waals surface area contributed by atoms with E-state index in [2.05, 4.69) is 25.6 Å². The highest BCUT2D eigenvalue weighted by Gasteiger charge is 2.21. The molecule has 1 aromatic rings. The number of amides is 1. The third-order valence-electron chi connectivity index (χ3n) is 3.23. The normalized spacial score (nSPS) is 15.4. The zero-order valence-electron chi connectivity index (χ0n) is 11.4. The molecule has 0 aromatic carbocycles. The number of sulfonamides is 1. The fourth-order valence-corrected chi connectivity index (χ4v) is 3.76. The van der Waals surface area contributed by atoms with E-state index in [1.807, 2.05) is 0 Å². The number of hydrogen-bond donors (Lipinski definition) is 2. The molecular formula is C12H17BrN4O3S. The first-order valence-electron chi connectivity index (χ1n) is 6.58. The van der Waals surface area contributed by atoms with Gasteiger partial charge in [-0.15, -0.1) is 0 Å². The number of carbonyl (C=O) groups is 1. The number of nitrogen functional groups attached to an aromatic ring is 1. The number of rotatable bonds is 5. The fourth-order valence-electron chi connectivity index (χ4n) is 2.14. The SMILES string of the molecule is Nc1ncc(Br)cc1S(=O)(=O)NCCC(=O)N1CCCC1. The summed E-state index contributed by atoms with van der Waals surface area (Å²) >= 11 is 3.15. The lowest BCUT2D eigenvalue weighted by Crippen LogP contribution is -2.33. The summed E-state index contributed by atoms with van der Waals surface area (Å²) in [4.78, 5) is 17.3. The van der Waals surface area contributed by atoms with Crippen LogP contribution in [0.1, 0.15) is 19.3 Å². The van der Waals surface area contributed by atoms with Gasteiger partial charge in [0.1, 0.15) is 10.7 Å². The largest absolute Gasteiger partial charge is 0.383 e. The van der Waals surface area contributed by atoms with Crippen molar-refractivity contribution in [3.05, 3.63) is 16.7 Å². The molecule has 3 N–H and O–H groups in total. The number of anilines is 1. The van der Waals surface area contributed by atoms with Crippen molar-refractivity contribution in [3.63, 3.8) is 0 Å². The molecule has 0 saturated carbocycles. The van der Waals surface area contributed by atoms with Crippen molar-refractivity contribution in [1.82, 2.24) is 14.6 Å². The lowest BCUT2D eigenvalue weighted by molar-refractivity contribution is -0.129. The summed E-state index contributed by atoms with van der Waals surface area (Å²) in [5.74, 6) is -0.105. The van der Waals surface area contributed by atoms with E-state index in [0.717, 1.165) is 25.9 Å². The molecule has 1 amide bonds. The van der Waals surface area contributed by atoms with Crippen molar-refractivity contribution in [2.75, 3.05) is 25.4 Å². The van der Waals surface area contributed by atoms with Crippen LogP contribution in [0.2, 0.25) is 0 Å². The highest BCUT2D eigenvalue weighted by molar-refractivity contribution is 9.10. The molecule has 116 valence electrons. The van der Waals surface area contributed by atoms with Gasteiger partial charge in [-0.05, 0) is 34.8 Å². The number of likely N-dealkylation sites (tertiary alicyclic amines) is 1. The van der Waals surface area contributed by atoms with Gasteiger partial charge in [-0.25, -0.2) is 18.1 Å². The van der Waals surface area contributed by atoms with E-state index in [0.29, 0.717) is 4.47 Å². The molecule has 2 heterocycles. The standard InChI is InChI=1S/C12H17BrN4O3S/c13-9-7-10(12(14)15-8-9)21(19,20)16-4-3-11(18)17-5-1-2-6-17/h7-8,16H,1-6H2,(H2,14,15). The van der Waals surface area contributed by atoms with Crippen molar-refractivity contribution in [1.29, 1.82) is 0 Å². The van der Waals surface area contributed by atoms with Gasteiger partial charge in [0.2, 0.25) is 15.9 Å². The predicted octanol–water partition coefficient (Wildman–Crippen LogP) is 0.717. The maximum atomic E-state index is 12.1. The molecule has 0 radical (unpaired) electrons. The van der Waals surface area contributed by atoms with Gasteiger partial charge in [-0.2, -0.15) is 0 Å². The van der Waals surface area contributed by atoms with Crippen LogP contribution in [0, 0.1) is 0 Å². The van der Waals surface area contributed by atoms with Crippen LogP contribution < -0.4 is 10.5 Å². The van der Waals surface area contributed by atoms with Crippen molar-refractivity contribution in [2.24, 2.45) is 0 Å². The van der Waals surface area contributed by atoms with E-state index in [1.54, 1.807) is 4.90 Å². The van der Waals surface area contributed by atoms with Crippen LogP contribution in [0.4, 0.5) is 5.82 Å². The van der Waals surface area contributed by atoms with E-state index in [1.165, 1.54) is 12.3 Å². The maximum Gasteiger partial charge on any atom is 0.244 e. The van der Waals surface area contributed by atoms with Crippen molar-refractivity contribution in [3.8, 4) is 0 Å². The molecule has 2 rings (SSSR count). The summed E-state index contributed by atoms with van der Waals surface area (Å²) in [5, 5.41) is 0. The monoisotopic (exact) mass is 376 g/mol. The van der Waals surface area contributed by atoms with Gasteiger partial charge < -0.3 is 10.6 Å². The Morgan fingerprint density at radius 2 is 2.10 bits per heavy atom. The topological polar surface area (TPSA) is 105 Å². The third kappa shape index (κ3) is 4.14. The molecular weight excluding hydrogens is 360 g/mol. The average Bonchev–Trinajstić information content (AvgIpc) is 2.95. The van der Waals surface area contributed by atoms with Gasteiger partial charge in [0.25, 0.3) is 0 Å². The molecule has 7 nitrogen and oxygen atoms in total. The second-order valence-corrected chi connectivity index (χ2v) is 7.42. The van der Waals surface area contributed by atoms with Gasteiger partial charge in [0, 0.05) is 36.7 Å². The fraction of sp³-hybridized carbons (Fsp3) is 0.500. The molecule has 0 bridgehead atoms. The highest BCUT2D eigenvalue weighted by atomic mass is 79.9. The first-order chi connectivity index (χ1) is 9.90. The Morgan fingerprint density at radius 1 is 1.43 bits per heavy atom. The quantitative estimate of drug-likeness (QED) is 0.787. The second kappa shape index (κ2) is 6.71. The minimum absolute atomic E-state index is 0.0319. The molecule has 1 aromatic heterocycles. The zero-order valence-corrected chi connectivity index (χ0v) is 13.8. The number of nitrogens with two attached hydrogens (primary N) is 1. The molecule has 9 heteroatoms. The average molecular weight is 377 g/mol. The summed E-state index contributed by atoms with van der Waals surface area (Å²) in [6, 6.07) is 1.38. The Morgan fingerprint density at radius 3 is 2.76 bits per heavy atom. The van der Waals surface area contributed by atoms with E-state index < -0.39 is 10.0 Å². The zero-order chi connectivity index (χ0) is 15.5. The molecule has 1 saturated heterocycles. The van der Waals surface area contributed by atoms with E-state index >= 15 is 0 Å². The first kappa shape index (κ1) is 16.2. The second-order valence-electron chi connectivity index (χ2n) is 4.77. The number of nitrogens with one attached hydrogen (secondary N) is 1. The Kier molecular flexibility index (Phi) is 5.17. The Balaban J connectivity index is 1.95. The van der Waals surface area contributed by atoms with E-state index in [9.17, 15) is 13.2 Å². The highest BCUT2D eigenvalue weighted by Crippen LogP contribution is 2.20. The summed E-state index contributed by atoms with van der Waals surface area (Å²) in [7, 11) is -3.77. The molecule has 1 aliphatic rings. The van der Waals surface area contributed by atoms with Crippen LogP contribution in [-0.4, -0.2) is 43.8 Å². The van der Waals surface area contributed by atoms with Crippen LogP contribution >= 0.6 is 15.9 Å². The molecule has 0 unspecified atom stereocenters. The summed E-state index contributed by atoms with van der Waals surface area (Å²) in [6.07, 6.45) is 3.58. The van der Waals surface area contributed by atoms with Gasteiger partial charge >= 0.3 is 0 Å². The molecule has 1 fully saturated rings. The molecule has 0 atom stereocenters. The number of hydrogen-bond acceptors (Lipinski definition) is 5. The van der Waals surface area contributed by atoms with Crippen molar-refractivity contribution >= 4 is 37.7 Å². The predicted molar refractivity (Wildman–Crippen MR) is 82.0 cm³/mol. The Hall–Kier alpha value is -1.19. The Labute approximate surface area is 132 Å². The number of carbonyl (C=O) groups excluding carboxylic acids is 1. The van der Waals surface area contributed by atoms with Crippen LogP contribution in [0.25, 0.3) is 0 Å². The minimum Gasteiger partial charge on any atom is -0.383 e. The first-order valence-corrected chi connectivity index (χ1v) is 8.86. The number of pyridine rings is 1. The van der Waals surface area contributed by atoms with Crippen molar-refractivity contribution in [2.45, 2.75) is 24.2 Å². The molecule has 0 spiro atoms.